The summed E-state index contributed by atoms with van der Waals surface area (Å²) in [7, 11) is 0. The summed E-state index contributed by atoms with van der Waals surface area (Å²) in [5.41, 5.74) is 0.331. The first kappa shape index (κ1) is 29.2. The largest absolute Gasteiger partial charge is 0.480 e. The summed E-state index contributed by atoms with van der Waals surface area (Å²) in [5, 5.41) is 10.2. The van der Waals surface area contributed by atoms with Crippen molar-refractivity contribution in [1.29, 1.82) is 0 Å². The van der Waals surface area contributed by atoms with E-state index in [1.807, 2.05) is 0 Å². The van der Waals surface area contributed by atoms with E-state index >= 15 is 0 Å². The van der Waals surface area contributed by atoms with Gasteiger partial charge >= 0.3 is 5.97 Å². The van der Waals surface area contributed by atoms with E-state index in [0.29, 0.717) is 5.02 Å². The number of ketones is 6. The van der Waals surface area contributed by atoms with E-state index in [1.165, 1.54) is 42.5 Å². The molecule has 0 heterocycles. The molecule has 1 N–H and O–H groups in total. The average molecular weight is 525 g/mol. The third-order valence-electron chi connectivity index (χ3n) is 5.62. The van der Waals surface area contributed by atoms with Gasteiger partial charge in [0.2, 0.25) is 11.6 Å². The van der Waals surface area contributed by atoms with Crippen LogP contribution in [0.3, 0.4) is 0 Å². The van der Waals surface area contributed by atoms with Crippen LogP contribution in [-0.2, 0) is 28.8 Å². The molecular weight excluding hydrogens is 500 g/mol. The number of carboxylic acid groups (broad SMARTS) is 1. The van der Waals surface area contributed by atoms with Gasteiger partial charge in [0, 0.05) is 54.7 Å². The lowest BCUT2D eigenvalue weighted by Crippen LogP contribution is -2.24. The Hall–Kier alpha value is -4.04. The smallest absolute Gasteiger partial charge is 0.318 e. The Labute approximate surface area is 218 Å². The van der Waals surface area contributed by atoms with Crippen LogP contribution in [0, 0.1) is 0 Å². The first-order chi connectivity index (χ1) is 17.5. The Kier molecular flexibility index (Phi) is 11.0. The zero-order chi connectivity index (χ0) is 27.5. The van der Waals surface area contributed by atoms with Crippen LogP contribution in [0.5, 0.6) is 0 Å². The summed E-state index contributed by atoms with van der Waals surface area (Å²) in [4.78, 5) is 84.6. The van der Waals surface area contributed by atoms with Gasteiger partial charge in [0.25, 0.3) is 0 Å². The molecule has 0 spiro atoms. The fraction of sp³-hybridized carbons (Fsp3) is 0.250. The van der Waals surface area contributed by atoms with Crippen LogP contribution in [0.4, 0.5) is 0 Å². The number of benzene rings is 2. The molecule has 2 aromatic rings. The molecule has 0 aliphatic carbocycles. The van der Waals surface area contributed by atoms with Gasteiger partial charge in [-0.1, -0.05) is 42.4 Å². The summed E-state index contributed by atoms with van der Waals surface area (Å²) in [6.45, 7) is 3.19. The predicted octanol–water partition coefficient (Wildman–Crippen LogP) is 4.11. The number of halogens is 1. The molecule has 37 heavy (non-hydrogen) atoms. The molecule has 0 aliphatic rings. The fourth-order valence-corrected chi connectivity index (χ4v) is 3.71. The molecule has 0 aliphatic heterocycles. The number of allylic oxidation sites excluding steroid dienone is 1. The topological polar surface area (TPSA) is 140 Å². The standard InChI is InChI=1S/C28H25ClO8/c1-2-23(32)24(33)15-13-19(30)11-12-20(31)14-16-25(34)26(28(36)37)21-5-3-4-6-22(21)27(35)17-7-9-18(29)10-8-17/h2-10,26H,1,11-16H2,(H,36,37). The number of carboxylic acids is 1. The Balaban J connectivity index is 2.02. The molecule has 0 amide bonds. The summed E-state index contributed by atoms with van der Waals surface area (Å²) in [6.07, 6.45) is -0.613. The van der Waals surface area contributed by atoms with Crippen LogP contribution in [-0.4, -0.2) is 45.8 Å². The lowest BCUT2D eigenvalue weighted by Gasteiger charge is -2.15. The second-order valence-corrected chi connectivity index (χ2v) is 8.67. The van der Waals surface area contributed by atoms with Crippen LogP contribution >= 0.6 is 11.6 Å². The molecule has 0 saturated heterocycles. The monoisotopic (exact) mass is 524 g/mol. The molecular formula is C28H25ClO8. The Morgan fingerprint density at radius 1 is 0.784 bits per heavy atom. The number of aliphatic carboxylic acids is 1. The van der Waals surface area contributed by atoms with Gasteiger partial charge in [0.1, 0.15) is 17.5 Å². The van der Waals surface area contributed by atoms with E-state index in [1.54, 1.807) is 6.07 Å². The summed E-state index contributed by atoms with van der Waals surface area (Å²) >= 11 is 5.86. The summed E-state index contributed by atoms with van der Waals surface area (Å²) < 4.78 is 0. The van der Waals surface area contributed by atoms with Crippen LogP contribution in [0.1, 0.15) is 65.9 Å². The van der Waals surface area contributed by atoms with Gasteiger partial charge < -0.3 is 5.11 Å². The van der Waals surface area contributed by atoms with E-state index in [2.05, 4.69) is 6.58 Å². The van der Waals surface area contributed by atoms with Crippen LogP contribution in [0.2, 0.25) is 5.02 Å². The van der Waals surface area contributed by atoms with Gasteiger partial charge in [0.15, 0.2) is 11.6 Å². The van der Waals surface area contributed by atoms with Crippen molar-refractivity contribution >= 4 is 52.3 Å². The normalized spacial score (nSPS) is 11.3. The van der Waals surface area contributed by atoms with Crippen LogP contribution in [0.25, 0.3) is 0 Å². The molecule has 0 saturated carbocycles. The molecule has 0 fully saturated rings. The Morgan fingerprint density at radius 2 is 1.32 bits per heavy atom. The third-order valence-corrected chi connectivity index (χ3v) is 5.87. The first-order valence-electron chi connectivity index (χ1n) is 11.4. The van der Waals surface area contributed by atoms with E-state index in [0.717, 1.165) is 6.08 Å². The van der Waals surface area contributed by atoms with E-state index in [-0.39, 0.29) is 61.0 Å². The zero-order valence-corrected chi connectivity index (χ0v) is 20.7. The summed E-state index contributed by atoms with van der Waals surface area (Å²) in [5.74, 6) is -6.68. The second-order valence-electron chi connectivity index (χ2n) is 8.23. The highest BCUT2D eigenvalue weighted by Gasteiger charge is 2.31. The maximum atomic E-state index is 13.0. The number of Topliss-reactive ketones (excluding diaryl/α,β-unsaturated/α-hetero) is 4. The van der Waals surface area contributed by atoms with Gasteiger partial charge in [-0.05, 0) is 35.9 Å². The molecule has 9 heteroatoms. The van der Waals surface area contributed by atoms with Crippen LogP contribution in [0.15, 0.2) is 61.2 Å². The molecule has 2 rings (SSSR count). The SMILES string of the molecule is C=CC(=O)C(=O)CCC(=O)CCC(=O)CCC(=O)C(C(=O)O)c1ccccc1C(=O)c1ccc(Cl)cc1. The zero-order valence-electron chi connectivity index (χ0n) is 19.9. The molecule has 0 aromatic heterocycles. The first-order valence-corrected chi connectivity index (χ1v) is 11.8. The highest BCUT2D eigenvalue weighted by atomic mass is 35.5. The van der Waals surface area contributed by atoms with E-state index < -0.39 is 40.8 Å². The lowest BCUT2D eigenvalue weighted by atomic mass is 9.86. The Bertz CT molecular complexity index is 1240. The van der Waals surface area contributed by atoms with E-state index in [9.17, 15) is 38.7 Å². The number of carbonyl (C=O) groups is 7. The highest BCUT2D eigenvalue weighted by molar-refractivity contribution is 6.41. The fourth-order valence-electron chi connectivity index (χ4n) is 3.58. The number of hydrogen-bond acceptors (Lipinski definition) is 7. The van der Waals surface area contributed by atoms with Gasteiger partial charge in [-0.3, -0.25) is 33.6 Å². The van der Waals surface area contributed by atoms with Crippen molar-refractivity contribution in [2.45, 2.75) is 44.4 Å². The predicted molar refractivity (Wildman–Crippen MR) is 135 cm³/mol. The maximum Gasteiger partial charge on any atom is 0.318 e. The minimum atomic E-state index is -1.66. The third kappa shape index (κ3) is 8.54. The van der Waals surface area contributed by atoms with Crippen molar-refractivity contribution in [3.63, 3.8) is 0 Å². The average Bonchev–Trinajstić information content (AvgIpc) is 2.89. The van der Waals surface area contributed by atoms with Crippen molar-refractivity contribution in [2.24, 2.45) is 0 Å². The van der Waals surface area contributed by atoms with Crippen molar-refractivity contribution in [3.8, 4) is 0 Å². The van der Waals surface area contributed by atoms with Crippen molar-refractivity contribution in [2.75, 3.05) is 0 Å². The maximum absolute atomic E-state index is 13.0. The molecule has 1 atom stereocenters. The lowest BCUT2D eigenvalue weighted by molar-refractivity contribution is -0.143. The van der Waals surface area contributed by atoms with Crippen LogP contribution < -0.4 is 0 Å². The van der Waals surface area contributed by atoms with Gasteiger partial charge in [-0.15, -0.1) is 0 Å². The van der Waals surface area contributed by atoms with Crippen molar-refractivity contribution < 1.29 is 38.7 Å². The number of rotatable bonds is 16. The quantitative estimate of drug-likeness (QED) is 0.150. The van der Waals surface area contributed by atoms with Gasteiger partial charge in [-0.2, -0.15) is 0 Å². The number of hydrogen-bond donors (Lipinski definition) is 1. The molecule has 192 valence electrons. The molecule has 1 unspecified atom stereocenters. The van der Waals surface area contributed by atoms with Crippen molar-refractivity contribution in [1.82, 2.24) is 0 Å². The molecule has 0 radical (unpaired) electrons. The van der Waals surface area contributed by atoms with E-state index in [4.69, 9.17) is 11.6 Å². The minimum Gasteiger partial charge on any atom is -0.480 e. The molecule has 2 aromatic carbocycles. The van der Waals surface area contributed by atoms with Gasteiger partial charge in [0.05, 0.1) is 0 Å². The van der Waals surface area contributed by atoms with Crippen molar-refractivity contribution in [3.05, 3.63) is 82.9 Å². The highest BCUT2D eigenvalue weighted by Crippen LogP contribution is 2.26. The second kappa shape index (κ2) is 13.9. The minimum absolute atomic E-state index is 0.0151. The Morgan fingerprint density at radius 3 is 1.89 bits per heavy atom. The molecule has 0 bridgehead atoms. The summed E-state index contributed by atoms with van der Waals surface area (Å²) in [6, 6.07) is 11.9. The number of carbonyl (C=O) groups excluding carboxylic acids is 6. The molecule has 8 nitrogen and oxygen atoms in total. The van der Waals surface area contributed by atoms with Gasteiger partial charge in [-0.25, -0.2) is 0 Å².